The number of hydrogen-bond acceptors (Lipinski definition) is 3. The number of nitrogens with two attached hydrogens (primary N) is 1. The molecule has 0 saturated heterocycles. The number of nitrogens with one attached hydrogen (secondary N) is 1. The van der Waals surface area contributed by atoms with Gasteiger partial charge < -0.3 is 5.32 Å². The zero-order valence-corrected chi connectivity index (χ0v) is 9.71. The highest BCUT2D eigenvalue weighted by Gasteiger charge is 2.13. The van der Waals surface area contributed by atoms with Gasteiger partial charge in [0.25, 0.3) is 0 Å². The van der Waals surface area contributed by atoms with E-state index in [-0.39, 0.29) is 10.9 Å². The summed E-state index contributed by atoms with van der Waals surface area (Å²) in [5.41, 5.74) is 0.564. The number of hydrogen-bond donors (Lipinski definition) is 2. The van der Waals surface area contributed by atoms with Crippen LogP contribution in [0.3, 0.4) is 0 Å². The smallest absolute Gasteiger partial charge is 0.240 e. The van der Waals surface area contributed by atoms with E-state index >= 15 is 0 Å². The molecule has 4 nitrogen and oxygen atoms in total. The maximum absolute atomic E-state index is 11.3. The van der Waals surface area contributed by atoms with E-state index in [9.17, 15) is 8.42 Å². The third-order valence-electron chi connectivity index (χ3n) is 2.21. The summed E-state index contributed by atoms with van der Waals surface area (Å²) in [7, 11) is -3.65. The van der Waals surface area contributed by atoms with Crippen molar-refractivity contribution in [1.82, 2.24) is 0 Å². The first-order chi connectivity index (χ1) is 6.95. The molecule has 1 aromatic carbocycles. The fraction of sp³-hybridized carbons (Fsp3) is 0.400. The third-order valence-corrected chi connectivity index (χ3v) is 3.18. The van der Waals surface area contributed by atoms with E-state index in [0.29, 0.717) is 5.69 Å². The van der Waals surface area contributed by atoms with Gasteiger partial charge in [-0.05, 0) is 25.5 Å². The number of anilines is 1. The van der Waals surface area contributed by atoms with E-state index in [1.54, 1.807) is 18.2 Å². The standard InChI is InChI=1S/C10H16N2O2S/c1-3-8(2)12-9-6-4-5-7-10(9)15(11,13)14/h4-8,12H,3H2,1-2H3,(H2,11,13,14)/t8-/m0/s1. The maximum atomic E-state index is 11.3. The topological polar surface area (TPSA) is 72.2 Å². The molecular formula is C10H16N2O2S. The van der Waals surface area contributed by atoms with Crippen LogP contribution < -0.4 is 10.5 Å². The predicted octanol–water partition coefficient (Wildman–Crippen LogP) is 1.54. The lowest BCUT2D eigenvalue weighted by molar-refractivity contribution is 0.598. The van der Waals surface area contributed by atoms with E-state index < -0.39 is 10.0 Å². The van der Waals surface area contributed by atoms with Gasteiger partial charge in [-0.3, -0.25) is 0 Å². The first kappa shape index (κ1) is 12.0. The molecule has 5 heteroatoms. The van der Waals surface area contributed by atoms with Gasteiger partial charge in [0.1, 0.15) is 4.90 Å². The lowest BCUT2D eigenvalue weighted by Gasteiger charge is -2.15. The van der Waals surface area contributed by atoms with Crippen LogP contribution in [0.5, 0.6) is 0 Å². The van der Waals surface area contributed by atoms with Crippen molar-refractivity contribution in [3.63, 3.8) is 0 Å². The summed E-state index contributed by atoms with van der Waals surface area (Å²) in [4.78, 5) is 0.144. The molecule has 0 aliphatic rings. The molecule has 0 spiro atoms. The Labute approximate surface area is 90.5 Å². The fourth-order valence-electron chi connectivity index (χ4n) is 1.20. The Hall–Kier alpha value is -1.07. The van der Waals surface area contributed by atoms with Crippen molar-refractivity contribution >= 4 is 15.7 Å². The van der Waals surface area contributed by atoms with Crippen LogP contribution >= 0.6 is 0 Å². The first-order valence-corrected chi connectivity index (χ1v) is 6.38. The number of sulfonamides is 1. The normalized spacial score (nSPS) is 13.5. The van der Waals surface area contributed by atoms with Crippen molar-refractivity contribution in [2.24, 2.45) is 5.14 Å². The fourth-order valence-corrected chi connectivity index (χ4v) is 1.90. The van der Waals surface area contributed by atoms with Gasteiger partial charge in [0.15, 0.2) is 0 Å². The summed E-state index contributed by atoms with van der Waals surface area (Å²) in [6, 6.07) is 6.86. The molecule has 0 aromatic heterocycles. The van der Waals surface area contributed by atoms with Gasteiger partial charge in [0.2, 0.25) is 10.0 Å². The molecule has 1 rings (SSSR count). The van der Waals surface area contributed by atoms with E-state index in [1.165, 1.54) is 6.07 Å². The van der Waals surface area contributed by atoms with Crippen molar-refractivity contribution in [2.45, 2.75) is 31.2 Å². The number of benzene rings is 1. The minimum Gasteiger partial charge on any atom is -0.382 e. The monoisotopic (exact) mass is 228 g/mol. The van der Waals surface area contributed by atoms with Gasteiger partial charge in [-0.25, -0.2) is 13.6 Å². The molecule has 0 radical (unpaired) electrons. The van der Waals surface area contributed by atoms with Crippen LogP contribution in [0, 0.1) is 0 Å². The molecule has 3 N–H and O–H groups in total. The third kappa shape index (κ3) is 3.21. The molecule has 0 aliphatic carbocycles. The molecule has 84 valence electrons. The maximum Gasteiger partial charge on any atom is 0.240 e. The molecule has 0 bridgehead atoms. The molecule has 0 heterocycles. The highest BCUT2D eigenvalue weighted by Crippen LogP contribution is 2.20. The molecule has 1 atom stereocenters. The van der Waals surface area contributed by atoms with Gasteiger partial charge in [0, 0.05) is 6.04 Å². The number of rotatable bonds is 4. The Balaban J connectivity index is 3.08. The van der Waals surface area contributed by atoms with E-state index in [0.717, 1.165) is 6.42 Å². The minimum absolute atomic E-state index is 0.144. The minimum atomic E-state index is -3.65. The van der Waals surface area contributed by atoms with Gasteiger partial charge in [-0.2, -0.15) is 0 Å². The number of primary sulfonamides is 1. The highest BCUT2D eigenvalue weighted by atomic mass is 32.2. The van der Waals surface area contributed by atoms with Gasteiger partial charge in [-0.15, -0.1) is 0 Å². The molecule has 0 amide bonds. The highest BCUT2D eigenvalue weighted by molar-refractivity contribution is 7.89. The molecule has 1 aromatic rings. The van der Waals surface area contributed by atoms with E-state index in [1.807, 2.05) is 13.8 Å². The summed E-state index contributed by atoms with van der Waals surface area (Å²) < 4.78 is 22.5. The second-order valence-electron chi connectivity index (χ2n) is 3.49. The number of para-hydroxylation sites is 1. The van der Waals surface area contributed by atoms with Crippen molar-refractivity contribution in [3.8, 4) is 0 Å². The average molecular weight is 228 g/mol. The molecule has 0 fully saturated rings. The van der Waals surface area contributed by atoms with Gasteiger partial charge >= 0.3 is 0 Å². The van der Waals surface area contributed by atoms with Crippen molar-refractivity contribution in [3.05, 3.63) is 24.3 Å². The Bertz CT molecular complexity index is 429. The van der Waals surface area contributed by atoms with Crippen molar-refractivity contribution in [2.75, 3.05) is 5.32 Å². The van der Waals surface area contributed by atoms with Gasteiger partial charge in [-0.1, -0.05) is 19.1 Å². The second-order valence-corrected chi connectivity index (χ2v) is 5.02. The molecule has 0 aliphatic heterocycles. The van der Waals surface area contributed by atoms with Crippen LogP contribution in [-0.4, -0.2) is 14.5 Å². The Morgan fingerprint density at radius 2 is 2.00 bits per heavy atom. The summed E-state index contributed by atoms with van der Waals surface area (Å²) in [5.74, 6) is 0. The first-order valence-electron chi connectivity index (χ1n) is 4.83. The zero-order chi connectivity index (χ0) is 11.5. The Kier molecular flexibility index (Phi) is 3.71. The van der Waals surface area contributed by atoms with Crippen molar-refractivity contribution < 1.29 is 8.42 Å². The molecule has 0 saturated carbocycles. The van der Waals surface area contributed by atoms with Crippen LogP contribution in [0.25, 0.3) is 0 Å². The second kappa shape index (κ2) is 4.63. The summed E-state index contributed by atoms with van der Waals surface area (Å²) in [5, 5.41) is 8.21. The lowest BCUT2D eigenvalue weighted by atomic mass is 10.2. The molecule has 15 heavy (non-hydrogen) atoms. The van der Waals surface area contributed by atoms with Crippen LogP contribution in [0.15, 0.2) is 29.2 Å². The summed E-state index contributed by atoms with van der Waals surface area (Å²) in [6.07, 6.45) is 0.916. The largest absolute Gasteiger partial charge is 0.382 e. The zero-order valence-electron chi connectivity index (χ0n) is 8.90. The average Bonchev–Trinajstić information content (AvgIpc) is 2.17. The Morgan fingerprint density at radius 3 is 2.53 bits per heavy atom. The van der Waals surface area contributed by atoms with Crippen molar-refractivity contribution in [1.29, 1.82) is 0 Å². The lowest BCUT2D eigenvalue weighted by Crippen LogP contribution is -2.19. The van der Waals surface area contributed by atoms with Crippen LogP contribution in [0.1, 0.15) is 20.3 Å². The van der Waals surface area contributed by atoms with Crippen LogP contribution in [0.4, 0.5) is 5.69 Å². The van der Waals surface area contributed by atoms with Gasteiger partial charge in [0.05, 0.1) is 5.69 Å². The summed E-state index contributed by atoms with van der Waals surface area (Å²) in [6.45, 7) is 4.01. The predicted molar refractivity (Wildman–Crippen MR) is 61.2 cm³/mol. The quantitative estimate of drug-likeness (QED) is 0.821. The van der Waals surface area contributed by atoms with E-state index in [2.05, 4.69) is 5.32 Å². The molecule has 0 unspecified atom stereocenters. The summed E-state index contributed by atoms with van der Waals surface area (Å²) >= 11 is 0. The van der Waals surface area contributed by atoms with Crippen LogP contribution in [0.2, 0.25) is 0 Å². The van der Waals surface area contributed by atoms with E-state index in [4.69, 9.17) is 5.14 Å². The Morgan fingerprint density at radius 1 is 1.40 bits per heavy atom. The SMILES string of the molecule is CC[C@H](C)Nc1ccccc1S(N)(=O)=O. The van der Waals surface area contributed by atoms with Crippen LogP contribution in [-0.2, 0) is 10.0 Å². The molecular weight excluding hydrogens is 212 g/mol.